The fourth-order valence-electron chi connectivity index (χ4n) is 1.42. The minimum absolute atomic E-state index is 0.174. The van der Waals surface area contributed by atoms with E-state index in [2.05, 4.69) is 11.3 Å². The molecule has 0 saturated carbocycles. The van der Waals surface area contributed by atoms with Gasteiger partial charge in [0.15, 0.2) is 0 Å². The van der Waals surface area contributed by atoms with E-state index < -0.39 is 10.0 Å². The summed E-state index contributed by atoms with van der Waals surface area (Å²) in [5, 5.41) is 0. The molecule has 1 aromatic carbocycles. The quantitative estimate of drug-likeness (QED) is 0.819. The van der Waals surface area contributed by atoms with Crippen LogP contribution in [-0.2, 0) is 10.0 Å². The van der Waals surface area contributed by atoms with Crippen molar-refractivity contribution in [2.45, 2.75) is 31.7 Å². The lowest BCUT2D eigenvalue weighted by Crippen LogP contribution is -2.36. The third-order valence-corrected chi connectivity index (χ3v) is 4.07. The zero-order valence-electron chi connectivity index (χ0n) is 10.5. The summed E-state index contributed by atoms with van der Waals surface area (Å²) in [4.78, 5) is 0.288. The van der Waals surface area contributed by atoms with Gasteiger partial charge >= 0.3 is 0 Å². The average Bonchev–Trinajstić information content (AvgIpc) is 2.26. The second kappa shape index (κ2) is 5.47. The molecule has 0 radical (unpaired) electrons. The van der Waals surface area contributed by atoms with Gasteiger partial charge in [0.05, 0.1) is 4.90 Å². The summed E-state index contributed by atoms with van der Waals surface area (Å²) in [6, 6.07) is 6.54. The van der Waals surface area contributed by atoms with E-state index >= 15 is 0 Å². The van der Waals surface area contributed by atoms with Crippen molar-refractivity contribution in [3.63, 3.8) is 0 Å². The van der Waals surface area contributed by atoms with Gasteiger partial charge in [0.2, 0.25) is 10.0 Å². The van der Waals surface area contributed by atoms with Crippen LogP contribution in [0.5, 0.6) is 0 Å². The fourth-order valence-corrected chi connectivity index (χ4v) is 2.78. The van der Waals surface area contributed by atoms with Crippen molar-refractivity contribution in [1.82, 2.24) is 4.72 Å². The Morgan fingerprint density at radius 3 is 2.18 bits per heavy atom. The highest BCUT2D eigenvalue weighted by molar-refractivity contribution is 7.89. The van der Waals surface area contributed by atoms with Gasteiger partial charge in [-0.3, -0.25) is 0 Å². The molecule has 1 N–H and O–H groups in total. The molecule has 3 nitrogen and oxygen atoms in total. The summed E-state index contributed by atoms with van der Waals surface area (Å²) in [5.74, 6) is 0.174. The first-order valence-electron chi connectivity index (χ1n) is 5.58. The number of sulfonamides is 1. The van der Waals surface area contributed by atoms with Crippen LogP contribution in [0.2, 0.25) is 0 Å². The van der Waals surface area contributed by atoms with Crippen LogP contribution in [0.25, 0.3) is 0 Å². The van der Waals surface area contributed by atoms with Gasteiger partial charge in [-0.2, -0.15) is 0 Å². The molecule has 0 fully saturated rings. The van der Waals surface area contributed by atoms with Crippen LogP contribution in [-0.4, -0.2) is 14.5 Å². The van der Waals surface area contributed by atoms with E-state index in [4.69, 9.17) is 0 Å². The molecule has 0 aromatic heterocycles. The maximum Gasteiger partial charge on any atom is 0.241 e. The van der Waals surface area contributed by atoms with Crippen molar-refractivity contribution < 1.29 is 8.42 Å². The zero-order valence-corrected chi connectivity index (χ0v) is 11.3. The normalized spacial score (nSPS) is 13.6. The van der Waals surface area contributed by atoms with Crippen LogP contribution in [0.4, 0.5) is 0 Å². The van der Waals surface area contributed by atoms with Crippen LogP contribution in [0, 0.1) is 12.8 Å². The van der Waals surface area contributed by atoms with Crippen LogP contribution in [0.15, 0.2) is 41.8 Å². The molecule has 0 saturated heterocycles. The van der Waals surface area contributed by atoms with E-state index in [1.54, 1.807) is 30.3 Å². The average molecular weight is 253 g/mol. The molecular formula is C13H19NO2S. The molecule has 0 unspecified atom stereocenters. The second-order valence-electron chi connectivity index (χ2n) is 4.44. The molecule has 0 aliphatic rings. The largest absolute Gasteiger partial charge is 0.241 e. The van der Waals surface area contributed by atoms with Crippen molar-refractivity contribution in [2.75, 3.05) is 0 Å². The highest BCUT2D eigenvalue weighted by Gasteiger charge is 2.19. The lowest BCUT2D eigenvalue weighted by atomic mass is 10.1. The van der Waals surface area contributed by atoms with Crippen molar-refractivity contribution >= 4 is 10.0 Å². The summed E-state index contributed by atoms with van der Waals surface area (Å²) in [5.41, 5.74) is 1.04. The molecule has 94 valence electrons. The Hall–Kier alpha value is -1.13. The van der Waals surface area contributed by atoms with Crippen LogP contribution in [0.1, 0.15) is 19.4 Å². The SMILES string of the molecule is C=C[C@H](NS(=O)(=O)c1ccc(C)cc1)C(C)C. The highest BCUT2D eigenvalue weighted by Crippen LogP contribution is 2.13. The van der Waals surface area contributed by atoms with E-state index in [0.717, 1.165) is 5.56 Å². The fraction of sp³-hybridized carbons (Fsp3) is 0.385. The van der Waals surface area contributed by atoms with Crippen LogP contribution < -0.4 is 4.72 Å². The van der Waals surface area contributed by atoms with E-state index in [9.17, 15) is 8.42 Å². The standard InChI is InChI=1S/C13H19NO2S/c1-5-13(10(2)3)14-17(15,16)12-8-6-11(4)7-9-12/h5-10,13-14H,1H2,2-4H3/t13-/m0/s1. The topological polar surface area (TPSA) is 46.2 Å². The van der Waals surface area contributed by atoms with Gasteiger partial charge in [-0.05, 0) is 25.0 Å². The summed E-state index contributed by atoms with van der Waals surface area (Å²) >= 11 is 0. The molecule has 17 heavy (non-hydrogen) atoms. The van der Waals surface area contributed by atoms with E-state index in [0.29, 0.717) is 0 Å². The molecule has 0 aliphatic heterocycles. The van der Waals surface area contributed by atoms with Crippen molar-refractivity contribution in [1.29, 1.82) is 0 Å². The molecule has 0 heterocycles. The first-order chi connectivity index (χ1) is 7.86. The number of nitrogens with one attached hydrogen (secondary N) is 1. The number of aryl methyl sites for hydroxylation is 1. The molecule has 4 heteroatoms. The maximum absolute atomic E-state index is 12.1. The van der Waals surface area contributed by atoms with Crippen molar-refractivity contribution in [2.24, 2.45) is 5.92 Å². The highest BCUT2D eigenvalue weighted by atomic mass is 32.2. The Kier molecular flexibility index (Phi) is 4.48. The summed E-state index contributed by atoms with van der Waals surface area (Å²) in [6.45, 7) is 9.47. The third-order valence-electron chi connectivity index (χ3n) is 2.59. The predicted molar refractivity (Wildman–Crippen MR) is 70.3 cm³/mol. The van der Waals surface area contributed by atoms with E-state index in [1.807, 2.05) is 20.8 Å². The summed E-state index contributed by atoms with van der Waals surface area (Å²) in [6.07, 6.45) is 1.62. The minimum Gasteiger partial charge on any atom is -0.207 e. The number of rotatable bonds is 5. The number of benzene rings is 1. The molecule has 0 amide bonds. The Balaban J connectivity index is 2.96. The molecule has 0 aliphatic carbocycles. The van der Waals surface area contributed by atoms with Crippen LogP contribution >= 0.6 is 0 Å². The van der Waals surface area contributed by atoms with E-state index in [-0.39, 0.29) is 16.9 Å². The predicted octanol–water partition coefficient (Wildman–Crippen LogP) is 2.48. The first-order valence-corrected chi connectivity index (χ1v) is 7.06. The third kappa shape index (κ3) is 3.68. The Labute approximate surface area is 104 Å². The Bertz CT molecular complexity index is 475. The van der Waals surface area contributed by atoms with Crippen molar-refractivity contribution in [3.05, 3.63) is 42.5 Å². The summed E-state index contributed by atoms with van der Waals surface area (Å²) < 4.78 is 26.7. The van der Waals surface area contributed by atoms with Gasteiger partial charge in [-0.15, -0.1) is 6.58 Å². The van der Waals surface area contributed by atoms with Gasteiger partial charge in [-0.1, -0.05) is 37.6 Å². The lowest BCUT2D eigenvalue weighted by Gasteiger charge is -2.18. The van der Waals surface area contributed by atoms with E-state index in [1.165, 1.54) is 0 Å². The Morgan fingerprint density at radius 1 is 1.24 bits per heavy atom. The summed E-state index contributed by atoms with van der Waals surface area (Å²) in [7, 11) is -3.45. The minimum atomic E-state index is -3.45. The van der Waals surface area contributed by atoms with Gasteiger partial charge in [0.25, 0.3) is 0 Å². The second-order valence-corrected chi connectivity index (χ2v) is 6.15. The molecular weight excluding hydrogens is 234 g/mol. The number of hydrogen-bond donors (Lipinski definition) is 1. The Morgan fingerprint density at radius 2 is 1.76 bits per heavy atom. The van der Waals surface area contributed by atoms with Gasteiger partial charge in [0.1, 0.15) is 0 Å². The van der Waals surface area contributed by atoms with Gasteiger partial charge in [0, 0.05) is 6.04 Å². The van der Waals surface area contributed by atoms with Gasteiger partial charge in [-0.25, -0.2) is 13.1 Å². The monoisotopic (exact) mass is 253 g/mol. The lowest BCUT2D eigenvalue weighted by molar-refractivity contribution is 0.509. The van der Waals surface area contributed by atoms with Crippen LogP contribution in [0.3, 0.4) is 0 Å². The smallest absolute Gasteiger partial charge is 0.207 e. The van der Waals surface area contributed by atoms with Gasteiger partial charge < -0.3 is 0 Å². The first kappa shape index (κ1) is 13.9. The number of hydrogen-bond acceptors (Lipinski definition) is 2. The zero-order chi connectivity index (χ0) is 13.1. The van der Waals surface area contributed by atoms with Crippen molar-refractivity contribution in [3.8, 4) is 0 Å². The molecule has 1 aromatic rings. The molecule has 0 bridgehead atoms. The molecule has 1 rings (SSSR count). The molecule has 0 spiro atoms. The molecule has 1 atom stereocenters. The maximum atomic E-state index is 12.1.